The van der Waals surface area contributed by atoms with Crippen molar-refractivity contribution in [1.82, 2.24) is 9.78 Å². The molecule has 0 radical (unpaired) electrons. The third-order valence-corrected chi connectivity index (χ3v) is 4.37. The van der Waals surface area contributed by atoms with Gasteiger partial charge >= 0.3 is 0 Å². The average molecular weight is 342 g/mol. The molecule has 0 spiro atoms. The topological polar surface area (TPSA) is 76.5 Å². The van der Waals surface area contributed by atoms with Crippen LogP contribution in [0.25, 0.3) is 0 Å². The highest BCUT2D eigenvalue weighted by atomic mass is 16.5. The van der Waals surface area contributed by atoms with Gasteiger partial charge in [-0.25, -0.2) is 0 Å². The molecule has 1 aliphatic heterocycles. The number of nitrogens with one attached hydrogen (secondary N) is 1. The van der Waals surface area contributed by atoms with Crippen LogP contribution in [0.15, 0.2) is 24.3 Å². The molecule has 1 aliphatic rings. The van der Waals surface area contributed by atoms with Crippen molar-refractivity contribution in [3.8, 4) is 5.75 Å². The minimum absolute atomic E-state index is 0.0785. The Kier molecular flexibility index (Phi) is 4.48. The second kappa shape index (κ2) is 6.58. The molecule has 7 nitrogen and oxygen atoms in total. The molecule has 7 heteroatoms. The van der Waals surface area contributed by atoms with Gasteiger partial charge in [0.15, 0.2) is 0 Å². The molecule has 0 unspecified atom stereocenters. The predicted octanol–water partition coefficient (Wildman–Crippen LogP) is 2.04. The lowest BCUT2D eigenvalue weighted by Crippen LogP contribution is -2.28. The van der Waals surface area contributed by atoms with Gasteiger partial charge in [0.2, 0.25) is 11.8 Å². The molecular weight excluding hydrogens is 320 g/mol. The second-order valence-electron chi connectivity index (χ2n) is 6.36. The minimum atomic E-state index is -0.409. The molecule has 1 aromatic heterocycles. The fourth-order valence-corrected chi connectivity index (χ4v) is 3.08. The lowest BCUT2D eigenvalue weighted by atomic mass is 10.1. The van der Waals surface area contributed by atoms with Crippen LogP contribution in [0.3, 0.4) is 0 Å². The zero-order valence-corrected chi connectivity index (χ0v) is 14.9. The van der Waals surface area contributed by atoms with Crippen LogP contribution >= 0.6 is 0 Å². The number of hydrogen-bond donors (Lipinski definition) is 1. The number of amides is 2. The number of carbonyl (C=O) groups is 2. The number of methoxy groups -OCH3 is 1. The molecule has 3 rings (SSSR count). The number of hydrogen-bond acceptors (Lipinski definition) is 4. The second-order valence-corrected chi connectivity index (χ2v) is 6.36. The quantitative estimate of drug-likeness (QED) is 0.922. The highest BCUT2D eigenvalue weighted by Gasteiger charge is 2.36. The Morgan fingerprint density at radius 2 is 2.08 bits per heavy atom. The van der Waals surface area contributed by atoms with Crippen molar-refractivity contribution in [1.29, 1.82) is 0 Å². The number of ether oxygens (including phenoxy) is 1. The van der Waals surface area contributed by atoms with E-state index in [9.17, 15) is 9.59 Å². The maximum Gasteiger partial charge on any atom is 0.230 e. The van der Waals surface area contributed by atoms with Gasteiger partial charge in [-0.15, -0.1) is 0 Å². The molecule has 0 aliphatic carbocycles. The van der Waals surface area contributed by atoms with Crippen LogP contribution in [-0.2, 0) is 16.6 Å². The summed E-state index contributed by atoms with van der Waals surface area (Å²) in [5.74, 6) is 0.590. The molecule has 2 amide bonds. The number of benzene rings is 1. The molecule has 1 saturated heterocycles. The van der Waals surface area contributed by atoms with Gasteiger partial charge in [-0.3, -0.25) is 14.3 Å². The lowest BCUT2D eigenvalue weighted by Gasteiger charge is -2.20. The Labute approximate surface area is 146 Å². The first-order chi connectivity index (χ1) is 11.9. The number of aromatic nitrogens is 2. The molecule has 0 bridgehead atoms. The standard InChI is InChI=1S/C18H22N4O3/c1-11-5-6-15(25-4)14(7-11)22-10-13(9-17(22)23)18(24)19-16-8-12(2)20-21(16)3/h5-8,13H,9-10H2,1-4H3,(H,19,24)/t13-/m0/s1. The maximum atomic E-state index is 12.6. The summed E-state index contributed by atoms with van der Waals surface area (Å²) < 4.78 is 6.98. The summed E-state index contributed by atoms with van der Waals surface area (Å²) in [7, 11) is 3.34. The summed E-state index contributed by atoms with van der Waals surface area (Å²) in [4.78, 5) is 26.7. The van der Waals surface area contributed by atoms with E-state index in [0.29, 0.717) is 23.8 Å². The van der Waals surface area contributed by atoms with Crippen LogP contribution in [0, 0.1) is 19.8 Å². The maximum absolute atomic E-state index is 12.6. The van der Waals surface area contributed by atoms with E-state index in [4.69, 9.17) is 4.74 Å². The van der Waals surface area contributed by atoms with Gasteiger partial charge in [0.1, 0.15) is 11.6 Å². The molecule has 25 heavy (non-hydrogen) atoms. The smallest absolute Gasteiger partial charge is 0.230 e. The Hall–Kier alpha value is -2.83. The van der Waals surface area contributed by atoms with Crippen LogP contribution in [0.4, 0.5) is 11.5 Å². The first-order valence-electron chi connectivity index (χ1n) is 8.15. The number of nitrogens with zero attached hydrogens (tertiary/aromatic N) is 3. The van der Waals surface area contributed by atoms with E-state index in [2.05, 4.69) is 10.4 Å². The largest absolute Gasteiger partial charge is 0.495 e. The van der Waals surface area contributed by atoms with Gasteiger partial charge in [-0.2, -0.15) is 5.10 Å². The first kappa shape index (κ1) is 17.0. The van der Waals surface area contributed by atoms with E-state index in [1.807, 2.05) is 32.0 Å². The summed E-state index contributed by atoms with van der Waals surface area (Å²) in [5, 5.41) is 7.07. The summed E-state index contributed by atoms with van der Waals surface area (Å²) in [5.41, 5.74) is 2.56. The Bertz CT molecular complexity index is 828. The summed E-state index contributed by atoms with van der Waals surface area (Å²) >= 11 is 0. The normalized spacial score (nSPS) is 17.0. The SMILES string of the molecule is COc1ccc(C)cc1N1C[C@@H](C(=O)Nc2cc(C)nn2C)CC1=O. The Morgan fingerprint density at radius 1 is 1.32 bits per heavy atom. The van der Waals surface area contributed by atoms with Gasteiger partial charge < -0.3 is 15.0 Å². The number of aryl methyl sites for hydroxylation is 3. The molecule has 1 fully saturated rings. The van der Waals surface area contributed by atoms with E-state index in [1.54, 1.807) is 29.8 Å². The van der Waals surface area contributed by atoms with Gasteiger partial charge in [0.05, 0.1) is 24.4 Å². The van der Waals surface area contributed by atoms with Crippen LogP contribution in [-0.4, -0.2) is 35.2 Å². The van der Waals surface area contributed by atoms with E-state index in [0.717, 1.165) is 11.3 Å². The van der Waals surface area contributed by atoms with E-state index in [1.165, 1.54) is 0 Å². The van der Waals surface area contributed by atoms with Gasteiger partial charge in [0.25, 0.3) is 0 Å². The zero-order valence-electron chi connectivity index (χ0n) is 14.9. The van der Waals surface area contributed by atoms with Crippen molar-refractivity contribution in [2.24, 2.45) is 13.0 Å². The molecule has 1 aromatic carbocycles. The number of anilines is 2. The van der Waals surface area contributed by atoms with Crippen LogP contribution in [0.2, 0.25) is 0 Å². The van der Waals surface area contributed by atoms with Crippen molar-refractivity contribution in [3.05, 3.63) is 35.5 Å². The van der Waals surface area contributed by atoms with Gasteiger partial charge in [-0.1, -0.05) is 6.07 Å². The van der Waals surface area contributed by atoms with Gasteiger partial charge in [0, 0.05) is 26.1 Å². The highest BCUT2D eigenvalue weighted by Crippen LogP contribution is 2.34. The van der Waals surface area contributed by atoms with Crippen molar-refractivity contribution in [2.75, 3.05) is 23.9 Å². The Balaban J connectivity index is 1.77. The van der Waals surface area contributed by atoms with E-state index in [-0.39, 0.29) is 18.2 Å². The van der Waals surface area contributed by atoms with E-state index >= 15 is 0 Å². The third kappa shape index (κ3) is 3.35. The highest BCUT2D eigenvalue weighted by molar-refractivity contribution is 6.04. The van der Waals surface area contributed by atoms with Crippen LogP contribution in [0.5, 0.6) is 5.75 Å². The molecule has 1 N–H and O–H groups in total. The van der Waals surface area contributed by atoms with Crippen LogP contribution < -0.4 is 15.0 Å². The molecular formula is C18H22N4O3. The fraction of sp³-hybridized carbons (Fsp3) is 0.389. The molecule has 132 valence electrons. The third-order valence-electron chi connectivity index (χ3n) is 4.37. The first-order valence-corrected chi connectivity index (χ1v) is 8.15. The van der Waals surface area contributed by atoms with Crippen molar-refractivity contribution < 1.29 is 14.3 Å². The van der Waals surface area contributed by atoms with Gasteiger partial charge in [-0.05, 0) is 31.5 Å². The fourth-order valence-electron chi connectivity index (χ4n) is 3.08. The monoisotopic (exact) mass is 342 g/mol. The number of carbonyl (C=O) groups excluding carboxylic acids is 2. The lowest BCUT2D eigenvalue weighted by molar-refractivity contribution is -0.122. The van der Waals surface area contributed by atoms with Crippen molar-refractivity contribution in [2.45, 2.75) is 20.3 Å². The Morgan fingerprint density at radius 3 is 2.72 bits per heavy atom. The van der Waals surface area contributed by atoms with E-state index < -0.39 is 5.92 Å². The predicted molar refractivity (Wildman–Crippen MR) is 94.8 cm³/mol. The average Bonchev–Trinajstić information content (AvgIpc) is 3.09. The minimum Gasteiger partial charge on any atom is -0.495 e. The molecule has 2 heterocycles. The van der Waals surface area contributed by atoms with Crippen LogP contribution in [0.1, 0.15) is 17.7 Å². The molecule has 0 saturated carbocycles. The molecule has 1 atom stereocenters. The summed E-state index contributed by atoms with van der Waals surface area (Å²) in [6.07, 6.45) is 0.180. The zero-order chi connectivity index (χ0) is 18.1. The van der Waals surface area contributed by atoms with Crippen molar-refractivity contribution >= 4 is 23.3 Å². The number of rotatable bonds is 4. The molecule has 2 aromatic rings. The summed E-state index contributed by atoms with van der Waals surface area (Å²) in [6, 6.07) is 7.47. The van der Waals surface area contributed by atoms with Crippen molar-refractivity contribution in [3.63, 3.8) is 0 Å². The summed E-state index contributed by atoms with van der Waals surface area (Å²) in [6.45, 7) is 4.15.